The van der Waals surface area contributed by atoms with Crippen LogP contribution in [0.3, 0.4) is 0 Å². The van der Waals surface area contributed by atoms with Crippen molar-refractivity contribution in [1.29, 1.82) is 0 Å². The molecule has 1 rings (SSSR count). The molecule has 1 aromatic heterocycles. The molecule has 0 spiro atoms. The molecule has 0 N–H and O–H groups in total. The third kappa shape index (κ3) is 38.9. The quantitative estimate of drug-likeness (QED) is 0.739. The smallest absolute Gasteiger partial charge is 0.668 e. The molecule has 0 atom stereocenters. The molecule has 0 aromatic carbocycles. The summed E-state index contributed by atoms with van der Waals surface area (Å²) in [5.74, 6) is 0. The van der Waals surface area contributed by atoms with Gasteiger partial charge in [0.25, 0.3) is 0 Å². The first-order valence-electron chi connectivity index (χ1n) is 5.05. The maximum atomic E-state index is 3.78. The summed E-state index contributed by atoms with van der Waals surface area (Å²) in [6, 6.07) is 1.92. The van der Waals surface area contributed by atoms with Gasteiger partial charge in [0.15, 0.2) is 0 Å². The molecule has 0 aliphatic rings. The van der Waals surface area contributed by atoms with Gasteiger partial charge in [-0.1, -0.05) is 13.0 Å². The summed E-state index contributed by atoms with van der Waals surface area (Å²) in [5, 5.41) is 17.9. The molecule has 1 aromatic rings. The molecule has 0 saturated heterocycles. The second-order valence-corrected chi connectivity index (χ2v) is 2.72. The first-order valence-corrected chi connectivity index (χ1v) is 5.05. The van der Waals surface area contributed by atoms with Gasteiger partial charge in [0.05, 0.1) is 0 Å². The molecular weight excluding hydrogens is 250 g/mol. The molecule has 0 unspecified atom stereocenters. The van der Waals surface area contributed by atoms with Crippen LogP contribution in [-0.4, -0.2) is 47.4 Å². The fraction of sp³-hybridized carbons (Fsp3) is 0.727. The zero-order chi connectivity index (χ0) is 13.2. The predicted molar refractivity (Wildman–Crippen MR) is 72.6 cm³/mol. The van der Waals surface area contributed by atoms with Crippen LogP contribution < -0.4 is 5.10 Å². The van der Waals surface area contributed by atoms with E-state index in [2.05, 4.69) is 33.1 Å². The van der Waals surface area contributed by atoms with E-state index in [-0.39, 0.29) is 21.7 Å². The van der Waals surface area contributed by atoms with Crippen molar-refractivity contribution < 1.29 is 21.7 Å². The Morgan fingerprint density at radius 3 is 1.47 bits per heavy atom. The van der Waals surface area contributed by atoms with Gasteiger partial charge in [-0.15, -0.1) is 0 Å². The Labute approximate surface area is 121 Å². The van der Waals surface area contributed by atoms with E-state index < -0.39 is 0 Å². The predicted octanol–water partition coefficient (Wildman–Crippen LogP) is 2.46. The number of aromatic nitrogens is 2. The molecule has 0 fully saturated rings. The number of nitrogens with zero attached hydrogens (tertiary/aromatic N) is 5. The van der Waals surface area contributed by atoms with E-state index in [0.717, 1.165) is 12.1 Å². The van der Waals surface area contributed by atoms with Gasteiger partial charge in [0.1, 0.15) is 0 Å². The first kappa shape index (κ1) is 25.6. The summed E-state index contributed by atoms with van der Waals surface area (Å²) < 4.78 is 0. The summed E-state index contributed by atoms with van der Waals surface area (Å²) in [4.78, 5) is 0. The topological polar surface area (TPSA) is 69.3 Å². The summed E-state index contributed by atoms with van der Waals surface area (Å²) in [6.07, 6.45) is 2.69. The third-order valence-electron chi connectivity index (χ3n) is 0.882. The van der Waals surface area contributed by atoms with Crippen LogP contribution in [0.5, 0.6) is 0 Å². The maximum absolute atomic E-state index is 3.78. The monoisotopic (exact) mass is 275 g/mol. The van der Waals surface area contributed by atoms with Crippen molar-refractivity contribution >= 4 is 0 Å². The maximum Gasteiger partial charge on any atom is 4.00 e. The van der Waals surface area contributed by atoms with Gasteiger partial charge < -0.3 is 26.1 Å². The number of aryl methyl sites for hydroxylation is 1. The van der Waals surface area contributed by atoms with Crippen LogP contribution >= 0.6 is 0 Å². The fourth-order valence-corrected chi connectivity index (χ4v) is 0.449. The van der Waals surface area contributed by atoms with Crippen LogP contribution in [0.2, 0.25) is 0 Å². The Balaban J connectivity index is -0.0000000734. The molecule has 6 heteroatoms. The number of hydrogen-bond acceptors (Lipinski definition) is 1. The van der Waals surface area contributed by atoms with E-state index in [1.54, 1.807) is 48.5 Å². The first-order chi connectivity index (χ1) is 7.67. The van der Waals surface area contributed by atoms with E-state index in [4.69, 9.17) is 0 Å². The number of rotatable bonds is 1. The van der Waals surface area contributed by atoms with E-state index in [1.807, 2.05) is 6.07 Å². The van der Waals surface area contributed by atoms with E-state index in [1.165, 1.54) is 0 Å². The van der Waals surface area contributed by atoms with Crippen LogP contribution in [0.4, 0.5) is 0 Å². The molecule has 98 valence electrons. The van der Waals surface area contributed by atoms with Gasteiger partial charge in [-0.25, -0.2) is 0 Å². The molecule has 5 nitrogen and oxygen atoms in total. The summed E-state index contributed by atoms with van der Waals surface area (Å²) in [7, 11) is 10.5. The van der Waals surface area contributed by atoms with Crippen molar-refractivity contribution in [3.05, 3.63) is 33.9 Å². The average Bonchev–Trinajstić information content (AvgIpc) is 2.73. The van der Waals surface area contributed by atoms with Gasteiger partial charge in [-0.2, -0.15) is 48.5 Å². The Morgan fingerprint density at radius 2 is 1.35 bits per heavy atom. The average molecular weight is 275 g/mol. The minimum Gasteiger partial charge on any atom is -0.668 e. The van der Waals surface area contributed by atoms with Crippen LogP contribution in [-0.2, 0) is 28.1 Å². The molecule has 17 heavy (non-hydrogen) atoms. The van der Waals surface area contributed by atoms with Crippen molar-refractivity contribution in [1.82, 2.24) is 10.2 Å². The zero-order valence-corrected chi connectivity index (χ0v) is 13.7. The molecular formula is C11H25N5Ti. The molecule has 0 aliphatic heterocycles. The molecule has 0 saturated carbocycles. The second-order valence-electron chi connectivity index (χ2n) is 2.72. The van der Waals surface area contributed by atoms with Gasteiger partial charge in [0.2, 0.25) is 0 Å². The summed E-state index contributed by atoms with van der Waals surface area (Å²) in [6.45, 7) is 2.06. The molecule has 0 radical (unpaired) electrons. The summed E-state index contributed by atoms with van der Waals surface area (Å²) in [5.41, 5.74) is 1.07. The molecule has 0 bridgehead atoms. The van der Waals surface area contributed by atoms with Crippen LogP contribution in [0.25, 0.3) is 16.0 Å². The fourth-order valence-electron chi connectivity index (χ4n) is 0.449. The van der Waals surface area contributed by atoms with Crippen LogP contribution in [0, 0.1) is 0 Å². The van der Waals surface area contributed by atoms with Gasteiger partial charge in [-0.3, -0.25) is 0 Å². The van der Waals surface area contributed by atoms with Crippen molar-refractivity contribution in [2.75, 3.05) is 42.3 Å². The Bertz CT molecular complexity index is 164. The minimum atomic E-state index is 0. The minimum absolute atomic E-state index is 0. The molecule has 0 aliphatic carbocycles. The van der Waals surface area contributed by atoms with Gasteiger partial charge in [-0.05, 0) is 6.42 Å². The van der Waals surface area contributed by atoms with Crippen LogP contribution in [0.1, 0.15) is 12.6 Å². The molecule has 0 amide bonds. The normalized spacial score (nSPS) is 7.00. The van der Waals surface area contributed by atoms with Crippen molar-refractivity contribution in [2.45, 2.75) is 13.3 Å². The number of hydrogen-bond donors (Lipinski definition) is 0. The SMILES string of the molecule is CCc1cc[n-]n1.C[N-]C.C[N-]C.C[N-]C.[Ti+4]. The second kappa shape index (κ2) is 29.7. The van der Waals surface area contributed by atoms with Gasteiger partial charge >= 0.3 is 21.7 Å². The standard InChI is InChI=1S/C5H7N2.3C2H6N.Ti/c1-2-5-3-4-6-7-5;3*1-3-2;/h3-4H,2H2,1H3;3*1-2H3;/q4*-1;+4. The zero-order valence-electron chi connectivity index (χ0n) is 12.1. The van der Waals surface area contributed by atoms with Crippen molar-refractivity contribution in [2.24, 2.45) is 0 Å². The van der Waals surface area contributed by atoms with E-state index >= 15 is 0 Å². The Hall–Kier alpha value is -0.196. The van der Waals surface area contributed by atoms with E-state index in [9.17, 15) is 0 Å². The molecule has 1 heterocycles. The largest absolute Gasteiger partial charge is 4.00 e. The van der Waals surface area contributed by atoms with E-state index in [0.29, 0.717) is 0 Å². The van der Waals surface area contributed by atoms with Crippen LogP contribution in [0.15, 0.2) is 12.3 Å². The van der Waals surface area contributed by atoms with Gasteiger partial charge in [0, 0.05) is 5.69 Å². The third-order valence-corrected chi connectivity index (χ3v) is 0.882. The van der Waals surface area contributed by atoms with Crippen molar-refractivity contribution in [3.63, 3.8) is 0 Å². The Kier molecular flexibility index (Phi) is 44.7. The Morgan fingerprint density at radius 1 is 1.00 bits per heavy atom. The van der Waals surface area contributed by atoms with Crippen molar-refractivity contribution in [3.8, 4) is 0 Å². The summed E-state index contributed by atoms with van der Waals surface area (Å²) >= 11 is 0.